The Bertz CT molecular complexity index is 260. The summed E-state index contributed by atoms with van der Waals surface area (Å²) in [7, 11) is -3.13. The maximum atomic E-state index is 11.1. The Kier molecular flexibility index (Phi) is 4.82. The summed E-state index contributed by atoms with van der Waals surface area (Å²) in [4.78, 5) is 0. The van der Waals surface area contributed by atoms with Crippen LogP contribution in [0.4, 0.5) is 0 Å². The van der Waals surface area contributed by atoms with Crippen molar-refractivity contribution < 1.29 is 13.5 Å². The standard InChI is InChI=1S/C8H16BrNO3S/c9-6-14(12,13)10-5-7-1-3-8(11)4-2-7/h7-8,10-11H,1-6H2. The molecule has 84 valence electrons. The van der Waals surface area contributed by atoms with E-state index in [4.69, 9.17) is 0 Å². The highest BCUT2D eigenvalue weighted by Gasteiger charge is 2.20. The van der Waals surface area contributed by atoms with Gasteiger partial charge < -0.3 is 5.11 Å². The number of nitrogens with one attached hydrogen (secondary N) is 1. The van der Waals surface area contributed by atoms with E-state index >= 15 is 0 Å². The predicted octanol–water partition coefficient (Wildman–Crippen LogP) is 0.809. The number of hydrogen-bond donors (Lipinski definition) is 2. The third-order valence-corrected chi connectivity index (χ3v) is 5.25. The minimum Gasteiger partial charge on any atom is -0.393 e. The smallest absolute Gasteiger partial charge is 0.221 e. The lowest BCUT2D eigenvalue weighted by atomic mass is 9.88. The molecule has 2 N–H and O–H groups in total. The normalized spacial score (nSPS) is 29.0. The fourth-order valence-corrected chi connectivity index (χ4v) is 2.68. The lowest BCUT2D eigenvalue weighted by Crippen LogP contribution is -2.32. The van der Waals surface area contributed by atoms with E-state index < -0.39 is 10.0 Å². The first-order valence-electron chi connectivity index (χ1n) is 4.75. The monoisotopic (exact) mass is 285 g/mol. The Morgan fingerprint density at radius 2 is 1.86 bits per heavy atom. The zero-order valence-corrected chi connectivity index (χ0v) is 10.3. The van der Waals surface area contributed by atoms with Crippen molar-refractivity contribution in [3.8, 4) is 0 Å². The molecule has 0 bridgehead atoms. The molecular weight excluding hydrogens is 270 g/mol. The van der Waals surface area contributed by atoms with Gasteiger partial charge in [0.2, 0.25) is 10.0 Å². The highest BCUT2D eigenvalue weighted by molar-refractivity contribution is 9.10. The molecule has 0 radical (unpaired) electrons. The highest BCUT2D eigenvalue weighted by atomic mass is 79.9. The number of alkyl halides is 1. The van der Waals surface area contributed by atoms with Gasteiger partial charge in [-0.3, -0.25) is 0 Å². The van der Waals surface area contributed by atoms with Crippen molar-refractivity contribution in [3.63, 3.8) is 0 Å². The molecule has 0 heterocycles. The van der Waals surface area contributed by atoms with E-state index in [-0.39, 0.29) is 10.8 Å². The van der Waals surface area contributed by atoms with E-state index in [1.165, 1.54) is 0 Å². The largest absolute Gasteiger partial charge is 0.393 e. The summed E-state index contributed by atoms with van der Waals surface area (Å²) in [5.74, 6) is 0.382. The number of aliphatic hydroxyl groups is 1. The van der Waals surface area contributed by atoms with E-state index in [2.05, 4.69) is 20.7 Å². The first-order chi connectivity index (χ1) is 6.53. The molecule has 1 rings (SSSR count). The number of hydrogen-bond acceptors (Lipinski definition) is 3. The maximum absolute atomic E-state index is 11.1. The summed E-state index contributed by atoms with van der Waals surface area (Å²) in [5, 5.41) is 9.26. The van der Waals surface area contributed by atoms with E-state index in [1.807, 2.05) is 0 Å². The van der Waals surface area contributed by atoms with Crippen molar-refractivity contribution in [2.24, 2.45) is 5.92 Å². The van der Waals surface area contributed by atoms with Gasteiger partial charge in [0.1, 0.15) is 4.66 Å². The van der Waals surface area contributed by atoms with Crippen molar-refractivity contribution in [1.82, 2.24) is 4.72 Å². The fourth-order valence-electron chi connectivity index (χ4n) is 1.63. The van der Waals surface area contributed by atoms with E-state index in [9.17, 15) is 13.5 Å². The molecule has 0 saturated heterocycles. The topological polar surface area (TPSA) is 66.4 Å². The van der Waals surface area contributed by atoms with Gasteiger partial charge in [-0.15, -0.1) is 0 Å². The average Bonchev–Trinajstić information content (AvgIpc) is 2.17. The molecule has 1 saturated carbocycles. The first-order valence-corrected chi connectivity index (χ1v) is 7.52. The SMILES string of the molecule is O=S(=O)(CBr)NCC1CCC(O)CC1. The third kappa shape index (κ3) is 4.25. The second-order valence-corrected chi connectivity index (χ2v) is 6.86. The molecule has 6 heteroatoms. The summed E-state index contributed by atoms with van der Waals surface area (Å²) in [5.41, 5.74) is 0. The average molecular weight is 286 g/mol. The van der Waals surface area contributed by atoms with Crippen LogP contribution in [0.2, 0.25) is 0 Å². The van der Waals surface area contributed by atoms with Gasteiger partial charge >= 0.3 is 0 Å². The Hall–Kier alpha value is 0.350. The fraction of sp³-hybridized carbons (Fsp3) is 1.00. The van der Waals surface area contributed by atoms with Crippen LogP contribution >= 0.6 is 15.9 Å². The minimum atomic E-state index is -3.13. The van der Waals surface area contributed by atoms with Crippen LogP contribution in [0.3, 0.4) is 0 Å². The van der Waals surface area contributed by atoms with Gasteiger partial charge in [-0.25, -0.2) is 13.1 Å². The van der Waals surface area contributed by atoms with Gasteiger partial charge in [0.25, 0.3) is 0 Å². The van der Waals surface area contributed by atoms with Crippen LogP contribution in [0.5, 0.6) is 0 Å². The summed E-state index contributed by atoms with van der Waals surface area (Å²) in [6, 6.07) is 0. The summed E-state index contributed by atoms with van der Waals surface area (Å²) >= 11 is 2.92. The molecule has 0 spiro atoms. The molecule has 0 aromatic rings. The quantitative estimate of drug-likeness (QED) is 0.752. The zero-order chi connectivity index (χ0) is 10.6. The summed E-state index contributed by atoms with van der Waals surface area (Å²) in [6.45, 7) is 0.501. The lowest BCUT2D eigenvalue weighted by Gasteiger charge is -2.25. The van der Waals surface area contributed by atoms with Gasteiger partial charge in [-0.2, -0.15) is 0 Å². The van der Waals surface area contributed by atoms with Crippen molar-refractivity contribution in [3.05, 3.63) is 0 Å². The van der Waals surface area contributed by atoms with Crippen molar-refractivity contribution in [1.29, 1.82) is 0 Å². The minimum absolute atomic E-state index is 0.0463. The van der Waals surface area contributed by atoms with E-state index in [1.54, 1.807) is 0 Å². The Balaban J connectivity index is 2.26. The van der Waals surface area contributed by atoms with E-state index in [0.717, 1.165) is 25.7 Å². The van der Waals surface area contributed by atoms with Crippen LogP contribution in [0.1, 0.15) is 25.7 Å². The van der Waals surface area contributed by atoms with Crippen LogP contribution in [0.15, 0.2) is 0 Å². The molecular formula is C8H16BrNO3S. The second-order valence-electron chi connectivity index (χ2n) is 3.75. The number of rotatable bonds is 4. The Morgan fingerprint density at radius 3 is 2.36 bits per heavy atom. The second kappa shape index (κ2) is 5.44. The number of aliphatic hydroxyl groups excluding tert-OH is 1. The van der Waals surface area contributed by atoms with Crippen molar-refractivity contribution in [2.75, 3.05) is 11.2 Å². The van der Waals surface area contributed by atoms with Crippen LogP contribution < -0.4 is 4.72 Å². The molecule has 1 aliphatic carbocycles. The zero-order valence-electron chi connectivity index (χ0n) is 7.95. The molecule has 1 fully saturated rings. The van der Waals surface area contributed by atoms with Gasteiger partial charge in [-0.05, 0) is 31.6 Å². The van der Waals surface area contributed by atoms with Crippen LogP contribution in [-0.2, 0) is 10.0 Å². The molecule has 0 atom stereocenters. The number of sulfonamides is 1. The van der Waals surface area contributed by atoms with E-state index in [0.29, 0.717) is 12.5 Å². The molecule has 0 unspecified atom stereocenters. The first kappa shape index (κ1) is 12.4. The third-order valence-electron chi connectivity index (χ3n) is 2.55. The molecule has 14 heavy (non-hydrogen) atoms. The Labute approximate surface area is 93.3 Å². The highest BCUT2D eigenvalue weighted by Crippen LogP contribution is 2.23. The van der Waals surface area contributed by atoms with Crippen molar-refractivity contribution in [2.45, 2.75) is 31.8 Å². The molecule has 0 aliphatic heterocycles. The number of halogens is 1. The van der Waals surface area contributed by atoms with Gasteiger partial charge in [0, 0.05) is 6.54 Å². The van der Waals surface area contributed by atoms with Gasteiger partial charge in [0.05, 0.1) is 6.10 Å². The predicted molar refractivity (Wildman–Crippen MR) is 58.7 cm³/mol. The summed E-state index contributed by atoms with van der Waals surface area (Å²) < 4.78 is 24.7. The lowest BCUT2D eigenvalue weighted by molar-refractivity contribution is 0.110. The van der Waals surface area contributed by atoms with Gasteiger partial charge in [-0.1, -0.05) is 15.9 Å². The molecule has 0 amide bonds. The molecule has 4 nitrogen and oxygen atoms in total. The van der Waals surface area contributed by atoms with Gasteiger partial charge in [0.15, 0.2) is 0 Å². The molecule has 0 aromatic carbocycles. The maximum Gasteiger partial charge on any atom is 0.221 e. The summed E-state index contributed by atoms with van der Waals surface area (Å²) in [6.07, 6.45) is 3.22. The molecule has 0 aromatic heterocycles. The Morgan fingerprint density at radius 1 is 1.29 bits per heavy atom. The van der Waals surface area contributed by atoms with Crippen molar-refractivity contribution >= 4 is 26.0 Å². The van der Waals surface area contributed by atoms with Crippen LogP contribution in [0, 0.1) is 5.92 Å². The van der Waals surface area contributed by atoms with Crippen LogP contribution in [0.25, 0.3) is 0 Å². The van der Waals surface area contributed by atoms with Crippen LogP contribution in [-0.4, -0.2) is 30.8 Å². The molecule has 1 aliphatic rings.